The second-order valence-corrected chi connectivity index (χ2v) is 4.93. The molecule has 6 nitrogen and oxygen atoms in total. The number of hydrogen-bond donors (Lipinski definition) is 3. The summed E-state index contributed by atoms with van der Waals surface area (Å²) in [6, 6.07) is 3.37. The first-order valence-corrected chi connectivity index (χ1v) is 6.04. The lowest BCUT2D eigenvalue weighted by atomic mass is 10.3. The zero-order chi connectivity index (χ0) is 12.5. The van der Waals surface area contributed by atoms with Crippen molar-refractivity contribution in [2.75, 3.05) is 10.5 Å². The maximum atomic E-state index is 13.5. The Balaban J connectivity index is 2.38. The molecular weight excluding hydrogens is 247 g/mol. The van der Waals surface area contributed by atoms with Crippen LogP contribution in [0.25, 0.3) is 0 Å². The second kappa shape index (κ2) is 4.06. The summed E-state index contributed by atoms with van der Waals surface area (Å²) in [5.41, 5.74) is 5.72. The SMILES string of the molecule is Nc1ccc(S(=O)(=O)Nc2cn[nH]c2)c(F)c1. The molecule has 0 bridgehead atoms. The number of H-pyrrole nitrogens is 1. The number of nitrogens with two attached hydrogens (primary N) is 1. The molecular formula is C9H9FN4O2S. The van der Waals surface area contributed by atoms with E-state index in [1.165, 1.54) is 18.5 Å². The minimum absolute atomic E-state index is 0.157. The Morgan fingerprint density at radius 1 is 1.41 bits per heavy atom. The zero-order valence-corrected chi connectivity index (χ0v) is 9.33. The summed E-state index contributed by atoms with van der Waals surface area (Å²) in [6.07, 6.45) is 2.61. The number of benzene rings is 1. The van der Waals surface area contributed by atoms with Gasteiger partial charge >= 0.3 is 0 Å². The molecule has 17 heavy (non-hydrogen) atoms. The molecule has 0 saturated heterocycles. The van der Waals surface area contributed by atoms with Gasteiger partial charge in [-0.15, -0.1) is 0 Å². The van der Waals surface area contributed by atoms with Gasteiger partial charge in [-0.2, -0.15) is 5.10 Å². The van der Waals surface area contributed by atoms with E-state index in [0.29, 0.717) is 0 Å². The van der Waals surface area contributed by atoms with Gasteiger partial charge in [0.1, 0.15) is 10.7 Å². The van der Waals surface area contributed by atoms with Gasteiger partial charge in [0.05, 0.1) is 11.9 Å². The molecule has 0 fully saturated rings. The highest BCUT2D eigenvalue weighted by molar-refractivity contribution is 7.92. The van der Waals surface area contributed by atoms with E-state index in [1.54, 1.807) is 0 Å². The Labute approximate surface area is 96.7 Å². The van der Waals surface area contributed by atoms with Crippen LogP contribution in [0.1, 0.15) is 0 Å². The number of nitrogen functional groups attached to an aromatic ring is 1. The highest BCUT2D eigenvalue weighted by Gasteiger charge is 2.19. The van der Waals surface area contributed by atoms with Crippen LogP contribution in [0.3, 0.4) is 0 Å². The van der Waals surface area contributed by atoms with Crippen molar-refractivity contribution in [2.24, 2.45) is 0 Å². The fraction of sp³-hybridized carbons (Fsp3) is 0. The lowest BCUT2D eigenvalue weighted by Gasteiger charge is -2.07. The van der Waals surface area contributed by atoms with Gasteiger partial charge in [0.25, 0.3) is 10.0 Å². The number of rotatable bonds is 3. The number of nitrogens with one attached hydrogen (secondary N) is 2. The van der Waals surface area contributed by atoms with Crippen molar-refractivity contribution >= 4 is 21.4 Å². The highest BCUT2D eigenvalue weighted by Crippen LogP contribution is 2.19. The molecule has 90 valence electrons. The van der Waals surface area contributed by atoms with E-state index >= 15 is 0 Å². The monoisotopic (exact) mass is 256 g/mol. The molecule has 0 saturated carbocycles. The van der Waals surface area contributed by atoms with Gasteiger partial charge in [0.2, 0.25) is 0 Å². The molecule has 1 aromatic heterocycles. The molecule has 0 atom stereocenters. The Hall–Kier alpha value is -2.09. The van der Waals surface area contributed by atoms with Crippen LogP contribution < -0.4 is 10.5 Å². The first-order chi connectivity index (χ1) is 7.99. The normalized spacial score (nSPS) is 11.4. The molecule has 8 heteroatoms. The maximum Gasteiger partial charge on any atom is 0.264 e. The summed E-state index contributed by atoms with van der Waals surface area (Å²) in [4.78, 5) is -0.465. The molecule has 4 N–H and O–H groups in total. The molecule has 1 aromatic carbocycles. The average molecular weight is 256 g/mol. The van der Waals surface area contributed by atoms with Crippen LogP contribution in [0.15, 0.2) is 35.5 Å². The molecule has 0 unspecified atom stereocenters. The first kappa shape index (κ1) is 11.4. The molecule has 0 radical (unpaired) electrons. The fourth-order valence-electron chi connectivity index (χ4n) is 1.25. The van der Waals surface area contributed by atoms with Crippen LogP contribution in [-0.2, 0) is 10.0 Å². The lowest BCUT2D eigenvalue weighted by Crippen LogP contribution is -2.14. The summed E-state index contributed by atoms with van der Waals surface area (Å²) >= 11 is 0. The number of sulfonamides is 1. The predicted molar refractivity (Wildman–Crippen MR) is 60.2 cm³/mol. The van der Waals surface area contributed by atoms with Gasteiger partial charge in [-0.25, -0.2) is 12.8 Å². The van der Waals surface area contributed by atoms with Crippen LogP contribution in [0.5, 0.6) is 0 Å². The van der Waals surface area contributed by atoms with Crippen molar-refractivity contribution in [3.63, 3.8) is 0 Å². The molecule has 0 aliphatic rings. The van der Waals surface area contributed by atoms with Gasteiger partial charge in [0, 0.05) is 11.9 Å². The quantitative estimate of drug-likeness (QED) is 0.711. The highest BCUT2D eigenvalue weighted by atomic mass is 32.2. The molecule has 2 aromatic rings. The molecule has 2 rings (SSSR count). The predicted octanol–water partition coefficient (Wildman–Crippen LogP) is 0.932. The minimum Gasteiger partial charge on any atom is -0.399 e. The number of nitrogens with zero attached hydrogens (tertiary/aromatic N) is 1. The Morgan fingerprint density at radius 2 is 2.18 bits per heavy atom. The lowest BCUT2D eigenvalue weighted by molar-refractivity contribution is 0.571. The smallest absolute Gasteiger partial charge is 0.264 e. The Bertz CT molecular complexity index is 624. The summed E-state index contributed by atoms with van der Waals surface area (Å²) < 4.78 is 39.2. The number of hydrogen-bond acceptors (Lipinski definition) is 4. The summed E-state index contributed by atoms with van der Waals surface area (Å²) in [6.45, 7) is 0. The maximum absolute atomic E-state index is 13.5. The molecule has 0 aliphatic heterocycles. The van der Waals surface area contributed by atoms with E-state index in [9.17, 15) is 12.8 Å². The van der Waals surface area contributed by atoms with Crippen molar-refractivity contribution in [2.45, 2.75) is 4.90 Å². The van der Waals surface area contributed by atoms with Crippen molar-refractivity contribution in [1.82, 2.24) is 10.2 Å². The summed E-state index contributed by atoms with van der Waals surface area (Å²) in [5.74, 6) is -0.902. The standard InChI is InChI=1S/C9H9FN4O2S/c10-8-3-6(11)1-2-9(8)17(15,16)14-7-4-12-13-5-7/h1-5,14H,11H2,(H,12,13). The van der Waals surface area contributed by atoms with Crippen LogP contribution in [-0.4, -0.2) is 18.6 Å². The third kappa shape index (κ3) is 2.36. The van der Waals surface area contributed by atoms with Crippen molar-refractivity contribution in [3.05, 3.63) is 36.4 Å². The third-order valence-electron chi connectivity index (χ3n) is 2.00. The van der Waals surface area contributed by atoms with E-state index in [2.05, 4.69) is 14.9 Å². The number of halogens is 1. The van der Waals surface area contributed by atoms with Gasteiger partial charge < -0.3 is 5.73 Å². The fourth-order valence-corrected chi connectivity index (χ4v) is 2.35. The number of aromatic amines is 1. The first-order valence-electron chi connectivity index (χ1n) is 4.56. The van der Waals surface area contributed by atoms with Crippen LogP contribution >= 0.6 is 0 Å². The summed E-state index contributed by atoms with van der Waals surface area (Å²) in [5, 5.41) is 6.01. The van der Waals surface area contributed by atoms with Gasteiger partial charge in [-0.1, -0.05) is 0 Å². The van der Waals surface area contributed by atoms with E-state index in [1.807, 2.05) is 0 Å². The Morgan fingerprint density at radius 3 is 2.76 bits per heavy atom. The largest absolute Gasteiger partial charge is 0.399 e. The van der Waals surface area contributed by atoms with Crippen LogP contribution in [0, 0.1) is 5.82 Å². The van der Waals surface area contributed by atoms with E-state index in [-0.39, 0.29) is 11.4 Å². The van der Waals surface area contributed by atoms with Crippen molar-refractivity contribution in [3.8, 4) is 0 Å². The van der Waals surface area contributed by atoms with Crippen LogP contribution in [0.2, 0.25) is 0 Å². The third-order valence-corrected chi connectivity index (χ3v) is 3.41. The topological polar surface area (TPSA) is 101 Å². The van der Waals surface area contributed by atoms with Gasteiger partial charge in [-0.3, -0.25) is 9.82 Å². The van der Waals surface area contributed by atoms with E-state index < -0.39 is 20.7 Å². The Kier molecular flexibility index (Phi) is 2.72. The van der Waals surface area contributed by atoms with Gasteiger partial charge in [-0.05, 0) is 18.2 Å². The van der Waals surface area contributed by atoms with Gasteiger partial charge in [0.15, 0.2) is 0 Å². The molecule has 0 amide bonds. The molecule has 0 aliphatic carbocycles. The number of aromatic nitrogens is 2. The number of anilines is 2. The van der Waals surface area contributed by atoms with Crippen molar-refractivity contribution in [1.29, 1.82) is 0 Å². The molecule has 1 heterocycles. The zero-order valence-electron chi connectivity index (χ0n) is 8.51. The second-order valence-electron chi connectivity index (χ2n) is 3.28. The van der Waals surface area contributed by atoms with E-state index in [4.69, 9.17) is 5.73 Å². The van der Waals surface area contributed by atoms with Crippen molar-refractivity contribution < 1.29 is 12.8 Å². The molecule has 0 spiro atoms. The minimum atomic E-state index is -3.97. The van der Waals surface area contributed by atoms with Crippen LogP contribution in [0.4, 0.5) is 15.8 Å². The summed E-state index contributed by atoms with van der Waals surface area (Å²) in [7, 11) is -3.97. The average Bonchev–Trinajstić information content (AvgIpc) is 2.68. The van der Waals surface area contributed by atoms with E-state index in [0.717, 1.165) is 12.1 Å².